The first-order valence-corrected chi connectivity index (χ1v) is 11.4. The largest absolute Gasteiger partial charge is 0.507 e. The van der Waals surface area contributed by atoms with E-state index in [1.54, 1.807) is 54.6 Å². The van der Waals surface area contributed by atoms with E-state index in [1.807, 2.05) is 0 Å². The Morgan fingerprint density at radius 2 is 1.73 bits per heavy atom. The van der Waals surface area contributed by atoms with Gasteiger partial charge < -0.3 is 33.4 Å². The van der Waals surface area contributed by atoms with Crippen LogP contribution in [0.2, 0.25) is 0 Å². The number of hydrogen-bond donors (Lipinski definition) is 1. The maximum absolute atomic E-state index is 13.3. The van der Waals surface area contributed by atoms with Gasteiger partial charge in [-0.2, -0.15) is 0 Å². The Morgan fingerprint density at radius 1 is 1.05 bits per heavy atom. The number of likely N-dealkylation sites (tertiary alicyclic amines) is 1. The van der Waals surface area contributed by atoms with E-state index in [2.05, 4.69) is 6.58 Å². The molecule has 1 saturated heterocycles. The number of nitrogens with zero attached hydrogens (tertiary/aromatic N) is 1. The molecule has 1 fully saturated rings. The lowest BCUT2D eigenvalue weighted by molar-refractivity contribution is -0.140. The van der Waals surface area contributed by atoms with E-state index in [4.69, 9.17) is 23.4 Å². The molecule has 0 saturated carbocycles. The van der Waals surface area contributed by atoms with E-state index >= 15 is 0 Å². The molecule has 9 heteroatoms. The minimum Gasteiger partial charge on any atom is -0.507 e. The van der Waals surface area contributed by atoms with Crippen LogP contribution in [0.3, 0.4) is 0 Å². The highest BCUT2D eigenvalue weighted by Crippen LogP contribution is 2.46. The number of amides is 1. The molecule has 9 nitrogen and oxygen atoms in total. The number of methoxy groups -OCH3 is 3. The van der Waals surface area contributed by atoms with Crippen molar-refractivity contribution in [3.8, 4) is 23.0 Å². The Bertz CT molecular complexity index is 1300. The molecule has 192 valence electrons. The van der Waals surface area contributed by atoms with Gasteiger partial charge in [0.1, 0.15) is 23.9 Å². The van der Waals surface area contributed by atoms with E-state index in [9.17, 15) is 14.7 Å². The first-order chi connectivity index (χ1) is 17.9. The fourth-order valence-electron chi connectivity index (χ4n) is 4.24. The molecule has 1 amide bonds. The Hall–Kier alpha value is -4.66. The van der Waals surface area contributed by atoms with Gasteiger partial charge in [-0.05, 0) is 54.1 Å². The molecule has 1 aliphatic heterocycles. The fraction of sp³-hybridized carbons (Fsp3) is 0.214. The second-order valence-electron chi connectivity index (χ2n) is 8.09. The molecule has 2 heterocycles. The quantitative estimate of drug-likeness (QED) is 0.186. The molecular weight excluding hydrogens is 478 g/mol. The maximum atomic E-state index is 13.3. The van der Waals surface area contributed by atoms with Crippen LogP contribution in [0, 0.1) is 0 Å². The Labute approximate surface area is 214 Å². The molecule has 0 spiro atoms. The monoisotopic (exact) mass is 505 g/mol. The van der Waals surface area contributed by atoms with Crippen LogP contribution >= 0.6 is 0 Å². The highest BCUT2D eigenvalue weighted by molar-refractivity contribution is 6.46. The average molecular weight is 506 g/mol. The minimum absolute atomic E-state index is 0.00398. The number of ketones is 1. The van der Waals surface area contributed by atoms with Crippen molar-refractivity contribution >= 4 is 17.4 Å². The number of furan rings is 1. The molecule has 2 aromatic carbocycles. The summed E-state index contributed by atoms with van der Waals surface area (Å²) in [6.07, 6.45) is 3.10. The number of aliphatic hydroxyl groups excluding tert-OH is 1. The molecule has 0 radical (unpaired) electrons. The van der Waals surface area contributed by atoms with Crippen molar-refractivity contribution in [3.05, 3.63) is 89.9 Å². The zero-order valence-corrected chi connectivity index (χ0v) is 20.7. The number of benzene rings is 2. The summed E-state index contributed by atoms with van der Waals surface area (Å²) >= 11 is 0. The number of carbonyl (C=O) groups is 2. The molecule has 4 rings (SSSR count). The van der Waals surface area contributed by atoms with Crippen LogP contribution in [0.1, 0.15) is 22.9 Å². The molecule has 3 aromatic rings. The van der Waals surface area contributed by atoms with Crippen LogP contribution in [0.15, 0.2) is 77.4 Å². The van der Waals surface area contributed by atoms with Gasteiger partial charge >= 0.3 is 0 Å². The predicted molar refractivity (Wildman–Crippen MR) is 135 cm³/mol. The Balaban J connectivity index is 1.88. The van der Waals surface area contributed by atoms with Gasteiger partial charge in [0.05, 0.1) is 45.8 Å². The van der Waals surface area contributed by atoms with Crippen molar-refractivity contribution in [2.24, 2.45) is 0 Å². The van der Waals surface area contributed by atoms with Gasteiger partial charge in [0.25, 0.3) is 11.7 Å². The Kier molecular flexibility index (Phi) is 7.52. The van der Waals surface area contributed by atoms with E-state index in [-0.39, 0.29) is 17.9 Å². The highest BCUT2D eigenvalue weighted by atomic mass is 16.5. The fourth-order valence-corrected chi connectivity index (χ4v) is 4.24. The van der Waals surface area contributed by atoms with Crippen LogP contribution in [-0.4, -0.2) is 49.6 Å². The van der Waals surface area contributed by atoms with Crippen molar-refractivity contribution in [3.63, 3.8) is 0 Å². The van der Waals surface area contributed by atoms with E-state index < -0.39 is 17.7 Å². The smallest absolute Gasteiger partial charge is 0.296 e. The van der Waals surface area contributed by atoms with Crippen molar-refractivity contribution in [2.75, 3.05) is 27.9 Å². The maximum Gasteiger partial charge on any atom is 0.296 e. The zero-order chi connectivity index (χ0) is 26.5. The molecule has 1 atom stereocenters. The molecular formula is C28H27NO8. The number of hydrogen-bond acceptors (Lipinski definition) is 8. The van der Waals surface area contributed by atoms with Crippen molar-refractivity contribution in [2.45, 2.75) is 12.6 Å². The molecule has 1 aromatic heterocycles. The predicted octanol–water partition coefficient (Wildman–Crippen LogP) is 4.49. The number of ether oxygens (including phenoxy) is 4. The third kappa shape index (κ3) is 4.88. The third-order valence-electron chi connectivity index (χ3n) is 5.94. The summed E-state index contributed by atoms with van der Waals surface area (Å²) in [6.45, 7) is 3.94. The van der Waals surface area contributed by atoms with Crippen LogP contribution in [0.25, 0.3) is 5.76 Å². The summed E-state index contributed by atoms with van der Waals surface area (Å²) in [7, 11) is 4.42. The second-order valence-corrected chi connectivity index (χ2v) is 8.09. The van der Waals surface area contributed by atoms with Gasteiger partial charge in [-0.25, -0.2) is 0 Å². The normalized spacial score (nSPS) is 16.5. The van der Waals surface area contributed by atoms with E-state index in [1.165, 1.54) is 32.5 Å². The number of Topliss-reactive ketones (excluding diaryl/α,β-unsaturated/α-hetero) is 1. The summed E-state index contributed by atoms with van der Waals surface area (Å²) < 4.78 is 27.3. The summed E-state index contributed by atoms with van der Waals surface area (Å²) in [4.78, 5) is 27.9. The van der Waals surface area contributed by atoms with Crippen LogP contribution in [0.4, 0.5) is 0 Å². The summed E-state index contributed by atoms with van der Waals surface area (Å²) in [5.74, 6) is 0.144. The second kappa shape index (κ2) is 10.9. The lowest BCUT2D eigenvalue weighted by Crippen LogP contribution is -2.29. The summed E-state index contributed by atoms with van der Waals surface area (Å²) in [5, 5.41) is 11.3. The van der Waals surface area contributed by atoms with Crippen molar-refractivity contribution < 1.29 is 38.1 Å². The number of rotatable bonds is 10. The van der Waals surface area contributed by atoms with E-state index in [0.717, 1.165) is 0 Å². The average Bonchev–Trinajstić information content (AvgIpc) is 3.53. The van der Waals surface area contributed by atoms with E-state index in [0.29, 0.717) is 46.5 Å². The van der Waals surface area contributed by atoms with Gasteiger partial charge in [-0.15, -0.1) is 0 Å². The zero-order valence-electron chi connectivity index (χ0n) is 20.7. The van der Waals surface area contributed by atoms with Gasteiger partial charge in [0.15, 0.2) is 11.5 Å². The lowest BCUT2D eigenvalue weighted by atomic mass is 9.94. The minimum atomic E-state index is -0.963. The number of aliphatic hydroxyl groups is 1. The SMILES string of the molecule is C=CCOc1ccc(C(O)=C2C(=O)C(=O)N(Cc3ccco3)[C@@H]2c2cc(OC)c(OC)c(OC)c2)cc1. The molecule has 0 unspecified atom stereocenters. The topological polar surface area (TPSA) is 108 Å². The van der Waals surface area contributed by atoms with Crippen LogP contribution in [-0.2, 0) is 16.1 Å². The van der Waals surface area contributed by atoms with Crippen LogP contribution in [0.5, 0.6) is 23.0 Å². The number of carbonyl (C=O) groups excluding carboxylic acids is 2. The highest BCUT2D eigenvalue weighted by Gasteiger charge is 2.47. The standard InChI is InChI=1S/C28H27NO8/c1-5-12-36-19-10-8-17(9-11-19)25(30)23-24(18-14-21(33-2)27(35-4)22(15-18)34-3)29(28(32)26(23)31)16-20-7-6-13-37-20/h5-11,13-15,24,30H,1,12,16H2,2-4H3/t24-/m1/s1. The van der Waals surface area contributed by atoms with Gasteiger partial charge in [-0.3, -0.25) is 9.59 Å². The van der Waals surface area contributed by atoms with Crippen LogP contribution < -0.4 is 18.9 Å². The van der Waals surface area contributed by atoms with Crippen molar-refractivity contribution in [1.82, 2.24) is 4.90 Å². The molecule has 1 aliphatic rings. The summed E-state index contributed by atoms with van der Waals surface area (Å²) in [5.41, 5.74) is 0.748. The van der Waals surface area contributed by atoms with Gasteiger partial charge in [0, 0.05) is 5.56 Å². The van der Waals surface area contributed by atoms with Crippen molar-refractivity contribution in [1.29, 1.82) is 0 Å². The first-order valence-electron chi connectivity index (χ1n) is 11.4. The molecule has 37 heavy (non-hydrogen) atoms. The Morgan fingerprint density at radius 3 is 2.27 bits per heavy atom. The molecule has 0 aliphatic carbocycles. The summed E-state index contributed by atoms with van der Waals surface area (Å²) in [6, 6.07) is 12.3. The molecule has 1 N–H and O–H groups in total. The first kappa shape index (κ1) is 25.4. The third-order valence-corrected chi connectivity index (χ3v) is 5.94. The van der Waals surface area contributed by atoms with Gasteiger partial charge in [0.2, 0.25) is 5.75 Å². The van der Waals surface area contributed by atoms with Gasteiger partial charge in [-0.1, -0.05) is 12.7 Å². The lowest BCUT2D eigenvalue weighted by Gasteiger charge is -2.26. The molecule has 0 bridgehead atoms.